The number of aryl methyl sites for hydroxylation is 1. The smallest absolute Gasteiger partial charge is 0.242 e. The van der Waals surface area contributed by atoms with E-state index in [1.165, 1.54) is 18.4 Å². The molecule has 1 aliphatic heterocycles. The lowest BCUT2D eigenvalue weighted by atomic mass is 10.0. The molecule has 2 heterocycles. The molecule has 0 spiro atoms. The van der Waals surface area contributed by atoms with E-state index in [1.807, 2.05) is 12.1 Å². The highest BCUT2D eigenvalue weighted by Crippen LogP contribution is 2.31. The van der Waals surface area contributed by atoms with Gasteiger partial charge in [0, 0.05) is 38.7 Å². The molecule has 0 bridgehead atoms. The van der Waals surface area contributed by atoms with Gasteiger partial charge in [0.1, 0.15) is 0 Å². The summed E-state index contributed by atoms with van der Waals surface area (Å²) in [5, 5.41) is 0. The highest BCUT2D eigenvalue weighted by molar-refractivity contribution is 7.89. The maximum Gasteiger partial charge on any atom is 0.242 e. The first kappa shape index (κ1) is 17.6. The lowest BCUT2D eigenvalue weighted by molar-refractivity contribution is -0.118. The molecule has 3 rings (SSSR count). The zero-order valence-electron chi connectivity index (χ0n) is 14.3. The highest BCUT2D eigenvalue weighted by Gasteiger charge is 2.26. The van der Waals surface area contributed by atoms with Gasteiger partial charge in [-0.05, 0) is 42.2 Å². The van der Waals surface area contributed by atoms with Gasteiger partial charge < -0.3 is 4.90 Å². The summed E-state index contributed by atoms with van der Waals surface area (Å²) in [6, 6.07) is 8.71. The van der Waals surface area contributed by atoms with Gasteiger partial charge in [0.15, 0.2) is 0 Å². The molecule has 0 saturated carbocycles. The van der Waals surface area contributed by atoms with Crippen molar-refractivity contribution in [3.63, 3.8) is 0 Å². The molecule has 0 N–H and O–H groups in total. The minimum atomic E-state index is -3.53. The molecule has 1 amide bonds. The predicted octanol–water partition coefficient (Wildman–Crippen LogP) is 1.85. The molecule has 0 saturated heterocycles. The number of fused-ring (bicyclic) bond motifs is 1. The molecule has 0 fully saturated rings. The lowest BCUT2D eigenvalue weighted by Gasteiger charge is -2.30. The Morgan fingerprint density at radius 2 is 2.08 bits per heavy atom. The fraction of sp³-hybridized carbons (Fsp3) is 0.333. The summed E-state index contributed by atoms with van der Waals surface area (Å²) >= 11 is 0. The van der Waals surface area contributed by atoms with Crippen LogP contribution >= 0.6 is 0 Å². The van der Waals surface area contributed by atoms with Gasteiger partial charge in [-0.15, -0.1) is 0 Å². The largest absolute Gasteiger partial charge is 0.312 e. The average Bonchev–Trinajstić information content (AvgIpc) is 2.61. The molecule has 7 heteroatoms. The minimum absolute atomic E-state index is 0.0478. The number of aromatic nitrogens is 1. The summed E-state index contributed by atoms with van der Waals surface area (Å²) in [4.78, 5) is 18.7. The van der Waals surface area contributed by atoms with Gasteiger partial charge in [-0.25, -0.2) is 12.7 Å². The van der Waals surface area contributed by atoms with Crippen molar-refractivity contribution < 1.29 is 13.2 Å². The van der Waals surface area contributed by atoms with Crippen molar-refractivity contribution in [3.05, 3.63) is 53.9 Å². The van der Waals surface area contributed by atoms with Crippen molar-refractivity contribution >= 4 is 21.6 Å². The van der Waals surface area contributed by atoms with Gasteiger partial charge in [-0.2, -0.15) is 0 Å². The molecule has 1 aromatic heterocycles. The van der Waals surface area contributed by atoms with E-state index in [9.17, 15) is 13.2 Å². The number of anilines is 1. The molecule has 0 atom stereocenters. The number of hydrogen-bond acceptors (Lipinski definition) is 4. The molecule has 1 aliphatic rings. The quantitative estimate of drug-likeness (QED) is 0.835. The molecule has 2 aromatic rings. The first-order valence-electron chi connectivity index (χ1n) is 8.14. The molecule has 1 aromatic carbocycles. The van der Waals surface area contributed by atoms with Crippen LogP contribution in [0.15, 0.2) is 47.6 Å². The van der Waals surface area contributed by atoms with E-state index >= 15 is 0 Å². The maximum atomic E-state index is 12.8. The molecule has 132 valence electrons. The van der Waals surface area contributed by atoms with E-state index in [2.05, 4.69) is 4.98 Å². The van der Waals surface area contributed by atoms with E-state index in [-0.39, 0.29) is 17.2 Å². The number of amides is 1. The maximum absolute atomic E-state index is 12.8. The van der Waals surface area contributed by atoms with Crippen LogP contribution in [0.2, 0.25) is 0 Å². The summed E-state index contributed by atoms with van der Waals surface area (Å²) < 4.78 is 26.0. The van der Waals surface area contributed by atoms with Gasteiger partial charge in [-0.1, -0.05) is 12.1 Å². The Kier molecular flexibility index (Phi) is 4.87. The second-order valence-corrected chi connectivity index (χ2v) is 8.42. The number of pyridine rings is 1. The third kappa shape index (κ3) is 3.57. The molecular weight excluding hydrogens is 338 g/mol. The Morgan fingerprint density at radius 1 is 1.28 bits per heavy atom. The molecule has 25 heavy (non-hydrogen) atoms. The topological polar surface area (TPSA) is 70.6 Å². The Morgan fingerprint density at radius 3 is 2.76 bits per heavy atom. The van der Waals surface area contributed by atoms with Crippen LogP contribution in [0, 0.1) is 0 Å². The third-order valence-electron chi connectivity index (χ3n) is 4.33. The van der Waals surface area contributed by atoms with Gasteiger partial charge >= 0.3 is 0 Å². The zero-order chi connectivity index (χ0) is 18.0. The van der Waals surface area contributed by atoms with E-state index in [4.69, 9.17) is 0 Å². The SMILES string of the molecule is CN(C)S(=O)(=O)c1ccc2c(c1)N(C(=O)Cc1cccnc1)CCC2. The molecule has 0 radical (unpaired) electrons. The fourth-order valence-electron chi connectivity index (χ4n) is 2.96. The molecule has 6 nitrogen and oxygen atoms in total. The Labute approximate surface area is 148 Å². The highest BCUT2D eigenvalue weighted by atomic mass is 32.2. The predicted molar refractivity (Wildman–Crippen MR) is 95.9 cm³/mol. The number of sulfonamides is 1. The van der Waals surface area contributed by atoms with Gasteiger partial charge in [0.25, 0.3) is 0 Å². The standard InChI is InChI=1S/C18H21N3O3S/c1-20(2)25(23,24)16-8-7-15-6-4-10-21(17(15)12-16)18(22)11-14-5-3-9-19-13-14/h3,5,7-9,12-13H,4,6,10-11H2,1-2H3. The Hall–Kier alpha value is -2.25. The van der Waals surface area contributed by atoms with E-state index in [0.717, 1.165) is 24.0 Å². The van der Waals surface area contributed by atoms with Crippen LogP contribution in [0.25, 0.3) is 0 Å². The van der Waals surface area contributed by atoms with Crippen LogP contribution in [0.4, 0.5) is 5.69 Å². The number of benzene rings is 1. The van der Waals surface area contributed by atoms with Crippen molar-refractivity contribution in [3.8, 4) is 0 Å². The van der Waals surface area contributed by atoms with Crippen molar-refractivity contribution in [2.24, 2.45) is 0 Å². The lowest BCUT2D eigenvalue weighted by Crippen LogP contribution is -2.36. The number of carbonyl (C=O) groups is 1. The van der Waals surface area contributed by atoms with E-state index < -0.39 is 10.0 Å². The van der Waals surface area contributed by atoms with Gasteiger partial charge in [0.2, 0.25) is 15.9 Å². The summed E-state index contributed by atoms with van der Waals surface area (Å²) in [7, 11) is -0.533. The third-order valence-corrected chi connectivity index (χ3v) is 6.14. The normalized spacial score (nSPS) is 14.4. The van der Waals surface area contributed by atoms with E-state index in [0.29, 0.717) is 12.2 Å². The van der Waals surface area contributed by atoms with Crippen molar-refractivity contribution in [1.29, 1.82) is 0 Å². The first-order valence-corrected chi connectivity index (χ1v) is 9.58. The summed E-state index contributed by atoms with van der Waals surface area (Å²) in [6.45, 7) is 0.595. The first-order chi connectivity index (χ1) is 11.9. The summed E-state index contributed by atoms with van der Waals surface area (Å²) in [5.74, 6) is -0.0478. The van der Waals surface area contributed by atoms with Crippen molar-refractivity contribution in [2.45, 2.75) is 24.2 Å². The van der Waals surface area contributed by atoms with Crippen molar-refractivity contribution in [1.82, 2.24) is 9.29 Å². The number of rotatable bonds is 4. The second kappa shape index (κ2) is 6.93. The van der Waals surface area contributed by atoms with Crippen LogP contribution in [0.3, 0.4) is 0 Å². The van der Waals surface area contributed by atoms with Crippen LogP contribution in [0.5, 0.6) is 0 Å². The Balaban J connectivity index is 1.94. The molecule has 0 unspecified atom stereocenters. The van der Waals surface area contributed by atoms with Crippen LogP contribution in [-0.4, -0.2) is 44.3 Å². The molecular formula is C18H21N3O3S. The fourth-order valence-corrected chi connectivity index (χ4v) is 3.88. The molecule has 0 aliphatic carbocycles. The monoisotopic (exact) mass is 359 g/mol. The van der Waals surface area contributed by atoms with E-state index in [1.54, 1.807) is 35.5 Å². The average molecular weight is 359 g/mol. The van der Waals surface area contributed by atoms with Crippen molar-refractivity contribution in [2.75, 3.05) is 25.5 Å². The number of nitrogens with zero attached hydrogens (tertiary/aromatic N) is 3. The number of carbonyl (C=O) groups excluding carboxylic acids is 1. The van der Waals surface area contributed by atoms with Crippen LogP contribution in [-0.2, 0) is 27.7 Å². The summed E-state index contributed by atoms with van der Waals surface area (Å²) in [5.41, 5.74) is 2.54. The zero-order valence-corrected chi connectivity index (χ0v) is 15.2. The van der Waals surface area contributed by atoms with Crippen LogP contribution in [0.1, 0.15) is 17.5 Å². The van der Waals surface area contributed by atoms with Gasteiger partial charge in [0.05, 0.1) is 11.3 Å². The number of hydrogen-bond donors (Lipinski definition) is 0. The minimum Gasteiger partial charge on any atom is -0.312 e. The second-order valence-electron chi connectivity index (χ2n) is 6.26. The summed E-state index contributed by atoms with van der Waals surface area (Å²) in [6.07, 6.45) is 5.30. The van der Waals surface area contributed by atoms with Crippen LogP contribution < -0.4 is 4.90 Å². The van der Waals surface area contributed by atoms with Gasteiger partial charge in [-0.3, -0.25) is 9.78 Å². The Bertz CT molecular complexity index is 880.